The van der Waals surface area contributed by atoms with Gasteiger partial charge in [0.25, 0.3) is 0 Å². The highest BCUT2D eigenvalue weighted by Gasteiger charge is 2.22. The molecule has 1 rings (SSSR count). The Morgan fingerprint density at radius 1 is 1.58 bits per heavy atom. The molecule has 0 aliphatic carbocycles. The summed E-state index contributed by atoms with van der Waals surface area (Å²) in [5.74, 6) is 0.405. The van der Waals surface area contributed by atoms with Crippen LogP contribution in [0.4, 0.5) is 0 Å². The molecule has 0 spiro atoms. The Balaban J connectivity index is 0.00000121. The molecule has 72 valence electrons. The smallest absolute Gasteiger partial charge is 0.224 e. The number of halogens is 1. The highest BCUT2D eigenvalue weighted by molar-refractivity contribution is 5.85. The Kier molecular flexibility index (Phi) is 5.25. The second kappa shape index (κ2) is 5.38. The van der Waals surface area contributed by atoms with Gasteiger partial charge in [-0.15, -0.1) is 12.4 Å². The zero-order chi connectivity index (χ0) is 8.27. The molecule has 0 aromatic rings. The fourth-order valence-corrected chi connectivity index (χ4v) is 1.28. The normalized spacial score (nSPS) is 22.1. The monoisotopic (exact) mass is 192 g/mol. The average molecular weight is 193 g/mol. The summed E-state index contributed by atoms with van der Waals surface area (Å²) < 4.78 is 0. The maximum Gasteiger partial charge on any atom is 0.224 e. The number of carbonyl (C=O) groups excluding carboxylic acids is 1. The Morgan fingerprint density at radius 2 is 2.25 bits per heavy atom. The maximum absolute atomic E-state index is 11.3. The molecule has 2 N–H and O–H groups in total. The first-order valence-electron chi connectivity index (χ1n) is 4.21. The number of nitrogens with one attached hydrogen (secondary N) is 2. The zero-order valence-electron chi connectivity index (χ0n) is 7.59. The standard InChI is InChI=1S/C8H16N2O.ClH/c1-6(2)10-8(11)7-3-4-9-5-7;/h6-7,9H,3-5H2,1-2H3,(H,10,11);1H/t7-;/m1./s1. The molecule has 3 nitrogen and oxygen atoms in total. The summed E-state index contributed by atoms with van der Waals surface area (Å²) in [5.41, 5.74) is 0. The molecule has 0 aromatic heterocycles. The lowest BCUT2D eigenvalue weighted by atomic mass is 10.1. The van der Waals surface area contributed by atoms with Crippen LogP contribution in [-0.4, -0.2) is 25.0 Å². The Morgan fingerprint density at radius 3 is 2.67 bits per heavy atom. The molecule has 4 heteroatoms. The van der Waals surface area contributed by atoms with E-state index in [1.54, 1.807) is 0 Å². The van der Waals surface area contributed by atoms with Crippen LogP contribution in [0.2, 0.25) is 0 Å². The average Bonchev–Trinajstić information content (AvgIpc) is 2.35. The molecule has 1 aliphatic heterocycles. The van der Waals surface area contributed by atoms with Gasteiger partial charge in [-0.2, -0.15) is 0 Å². The third-order valence-corrected chi connectivity index (χ3v) is 1.86. The number of carbonyl (C=O) groups is 1. The van der Waals surface area contributed by atoms with Gasteiger partial charge in [0.15, 0.2) is 0 Å². The number of amides is 1. The van der Waals surface area contributed by atoms with Crippen LogP contribution in [0.1, 0.15) is 20.3 Å². The number of hydrogen-bond donors (Lipinski definition) is 2. The van der Waals surface area contributed by atoms with Crippen molar-refractivity contribution >= 4 is 18.3 Å². The van der Waals surface area contributed by atoms with Crippen molar-refractivity contribution in [2.75, 3.05) is 13.1 Å². The van der Waals surface area contributed by atoms with Crippen LogP contribution in [0, 0.1) is 5.92 Å². The second-order valence-electron chi connectivity index (χ2n) is 3.35. The van der Waals surface area contributed by atoms with Gasteiger partial charge in [-0.25, -0.2) is 0 Å². The van der Waals surface area contributed by atoms with Crippen molar-refractivity contribution in [1.82, 2.24) is 10.6 Å². The fourth-order valence-electron chi connectivity index (χ4n) is 1.28. The molecule has 0 unspecified atom stereocenters. The zero-order valence-corrected chi connectivity index (χ0v) is 8.41. The molecule has 1 heterocycles. The summed E-state index contributed by atoms with van der Waals surface area (Å²) in [6.45, 7) is 5.80. The molecule has 1 aliphatic rings. The predicted octanol–water partition coefficient (Wildman–Crippen LogP) is 0.542. The minimum atomic E-state index is 0. The first-order chi connectivity index (χ1) is 5.20. The van der Waals surface area contributed by atoms with E-state index < -0.39 is 0 Å². The Hall–Kier alpha value is -0.280. The van der Waals surface area contributed by atoms with Gasteiger partial charge in [-0.1, -0.05) is 0 Å². The van der Waals surface area contributed by atoms with Crippen molar-refractivity contribution < 1.29 is 4.79 Å². The van der Waals surface area contributed by atoms with E-state index >= 15 is 0 Å². The maximum atomic E-state index is 11.3. The quantitative estimate of drug-likeness (QED) is 0.671. The number of rotatable bonds is 2. The van der Waals surface area contributed by atoms with Crippen molar-refractivity contribution in [2.45, 2.75) is 26.3 Å². The molecule has 1 amide bonds. The van der Waals surface area contributed by atoms with Gasteiger partial charge in [0.1, 0.15) is 0 Å². The van der Waals surface area contributed by atoms with Gasteiger partial charge < -0.3 is 10.6 Å². The van der Waals surface area contributed by atoms with Gasteiger partial charge in [-0.05, 0) is 26.8 Å². The van der Waals surface area contributed by atoms with Crippen molar-refractivity contribution in [3.05, 3.63) is 0 Å². The van der Waals surface area contributed by atoms with E-state index in [1.807, 2.05) is 13.8 Å². The third kappa shape index (κ3) is 3.41. The van der Waals surface area contributed by atoms with Crippen LogP contribution in [0.15, 0.2) is 0 Å². The van der Waals surface area contributed by atoms with E-state index in [0.29, 0.717) is 0 Å². The lowest BCUT2D eigenvalue weighted by molar-refractivity contribution is -0.124. The topological polar surface area (TPSA) is 41.1 Å². The Labute approximate surface area is 79.7 Å². The van der Waals surface area contributed by atoms with Crippen LogP contribution >= 0.6 is 12.4 Å². The minimum absolute atomic E-state index is 0. The molecule has 0 radical (unpaired) electrons. The van der Waals surface area contributed by atoms with Crippen LogP contribution < -0.4 is 10.6 Å². The molecule has 0 bridgehead atoms. The summed E-state index contributed by atoms with van der Waals surface area (Å²) in [6.07, 6.45) is 0.985. The van der Waals surface area contributed by atoms with Crippen LogP contribution in [-0.2, 0) is 4.79 Å². The first kappa shape index (κ1) is 11.7. The highest BCUT2D eigenvalue weighted by Crippen LogP contribution is 2.06. The van der Waals surface area contributed by atoms with Gasteiger partial charge >= 0.3 is 0 Å². The number of hydrogen-bond acceptors (Lipinski definition) is 2. The lowest BCUT2D eigenvalue weighted by Crippen LogP contribution is -2.36. The molecule has 0 saturated carbocycles. The van der Waals surface area contributed by atoms with Crippen molar-refractivity contribution in [1.29, 1.82) is 0 Å². The van der Waals surface area contributed by atoms with Crippen LogP contribution in [0.5, 0.6) is 0 Å². The van der Waals surface area contributed by atoms with E-state index in [-0.39, 0.29) is 30.3 Å². The van der Waals surface area contributed by atoms with Crippen molar-refractivity contribution in [3.8, 4) is 0 Å². The van der Waals surface area contributed by atoms with Crippen molar-refractivity contribution in [2.24, 2.45) is 5.92 Å². The first-order valence-corrected chi connectivity index (χ1v) is 4.21. The van der Waals surface area contributed by atoms with E-state index in [4.69, 9.17) is 0 Å². The van der Waals surface area contributed by atoms with E-state index in [0.717, 1.165) is 19.5 Å². The van der Waals surface area contributed by atoms with E-state index in [9.17, 15) is 4.79 Å². The minimum Gasteiger partial charge on any atom is -0.354 e. The third-order valence-electron chi connectivity index (χ3n) is 1.86. The molecule has 1 saturated heterocycles. The van der Waals surface area contributed by atoms with Crippen molar-refractivity contribution in [3.63, 3.8) is 0 Å². The van der Waals surface area contributed by atoms with Gasteiger partial charge in [0, 0.05) is 12.6 Å². The largest absolute Gasteiger partial charge is 0.354 e. The van der Waals surface area contributed by atoms with Gasteiger partial charge in [0.2, 0.25) is 5.91 Å². The van der Waals surface area contributed by atoms with E-state index in [2.05, 4.69) is 10.6 Å². The van der Waals surface area contributed by atoms with Crippen LogP contribution in [0.25, 0.3) is 0 Å². The summed E-state index contributed by atoms with van der Waals surface area (Å²) in [5, 5.41) is 6.07. The summed E-state index contributed by atoms with van der Waals surface area (Å²) in [7, 11) is 0. The molecular weight excluding hydrogens is 176 g/mol. The summed E-state index contributed by atoms with van der Waals surface area (Å²) in [6, 6.07) is 0.267. The SMILES string of the molecule is CC(C)NC(=O)[C@@H]1CCNC1.Cl. The molecule has 12 heavy (non-hydrogen) atoms. The summed E-state index contributed by atoms with van der Waals surface area (Å²) in [4.78, 5) is 11.3. The summed E-state index contributed by atoms with van der Waals surface area (Å²) >= 11 is 0. The van der Waals surface area contributed by atoms with Gasteiger partial charge in [-0.3, -0.25) is 4.79 Å². The molecular formula is C8H17ClN2O. The molecule has 0 aromatic carbocycles. The van der Waals surface area contributed by atoms with E-state index in [1.165, 1.54) is 0 Å². The Bertz CT molecular complexity index is 144. The molecule has 1 atom stereocenters. The lowest BCUT2D eigenvalue weighted by Gasteiger charge is -2.11. The highest BCUT2D eigenvalue weighted by atomic mass is 35.5. The predicted molar refractivity (Wildman–Crippen MR) is 51.5 cm³/mol. The van der Waals surface area contributed by atoms with Gasteiger partial charge in [0.05, 0.1) is 5.92 Å². The van der Waals surface area contributed by atoms with Crippen LogP contribution in [0.3, 0.4) is 0 Å². The molecule has 1 fully saturated rings. The fraction of sp³-hybridized carbons (Fsp3) is 0.875. The second-order valence-corrected chi connectivity index (χ2v) is 3.35.